The number of fused-ring (bicyclic) bond motifs is 3. The number of thiophene rings is 1. The molecular formula is C24H23N3S2. The van der Waals surface area contributed by atoms with E-state index < -0.39 is 0 Å². The van der Waals surface area contributed by atoms with Crippen LogP contribution in [0.3, 0.4) is 0 Å². The van der Waals surface area contributed by atoms with Crippen molar-refractivity contribution in [3.63, 3.8) is 0 Å². The Morgan fingerprint density at radius 3 is 2.41 bits per heavy atom. The van der Waals surface area contributed by atoms with Crippen molar-refractivity contribution < 1.29 is 0 Å². The molecule has 0 saturated carbocycles. The van der Waals surface area contributed by atoms with E-state index in [1.807, 2.05) is 11.3 Å². The Kier molecular flexibility index (Phi) is 5.25. The molecule has 146 valence electrons. The maximum absolute atomic E-state index is 5.06. The lowest BCUT2D eigenvalue weighted by Crippen LogP contribution is -2.19. The van der Waals surface area contributed by atoms with Gasteiger partial charge < -0.3 is 4.90 Å². The molecule has 29 heavy (non-hydrogen) atoms. The lowest BCUT2D eigenvalue weighted by molar-refractivity contribution is 0.700. The van der Waals surface area contributed by atoms with Gasteiger partial charge in [0.05, 0.1) is 5.39 Å². The van der Waals surface area contributed by atoms with E-state index in [4.69, 9.17) is 9.97 Å². The van der Waals surface area contributed by atoms with E-state index in [1.165, 1.54) is 46.3 Å². The first-order valence-corrected chi connectivity index (χ1v) is 12.1. The third-order valence-electron chi connectivity index (χ3n) is 5.46. The van der Waals surface area contributed by atoms with Crippen LogP contribution in [0.25, 0.3) is 10.2 Å². The summed E-state index contributed by atoms with van der Waals surface area (Å²) < 4.78 is 0. The number of para-hydroxylation sites is 1. The SMILES string of the molecule is CSc1nc(N(Cc2ccccc2)c2ccccc2)c2c3c(sc2n1)CCCC3. The number of hydrogen-bond acceptors (Lipinski definition) is 5. The summed E-state index contributed by atoms with van der Waals surface area (Å²) >= 11 is 3.49. The minimum absolute atomic E-state index is 0.787. The van der Waals surface area contributed by atoms with Gasteiger partial charge in [0.25, 0.3) is 0 Å². The predicted octanol–water partition coefficient (Wildman–Crippen LogP) is 6.63. The highest BCUT2D eigenvalue weighted by atomic mass is 32.2. The molecule has 4 aromatic rings. The zero-order chi connectivity index (χ0) is 19.6. The molecule has 1 aliphatic rings. The van der Waals surface area contributed by atoms with Gasteiger partial charge >= 0.3 is 0 Å². The van der Waals surface area contributed by atoms with Crippen LogP contribution in [-0.4, -0.2) is 16.2 Å². The van der Waals surface area contributed by atoms with E-state index >= 15 is 0 Å². The molecular weight excluding hydrogens is 394 g/mol. The number of nitrogens with zero attached hydrogens (tertiary/aromatic N) is 3. The van der Waals surface area contributed by atoms with Crippen molar-refractivity contribution >= 4 is 44.8 Å². The van der Waals surface area contributed by atoms with Gasteiger partial charge in [-0.1, -0.05) is 60.3 Å². The highest BCUT2D eigenvalue weighted by molar-refractivity contribution is 7.98. The van der Waals surface area contributed by atoms with Gasteiger partial charge in [-0.15, -0.1) is 11.3 Å². The smallest absolute Gasteiger partial charge is 0.190 e. The Bertz CT molecular complexity index is 1120. The first-order chi connectivity index (χ1) is 14.3. The van der Waals surface area contributed by atoms with Crippen molar-refractivity contribution in [3.05, 3.63) is 76.7 Å². The largest absolute Gasteiger partial charge is 0.321 e. The molecule has 0 aliphatic heterocycles. The van der Waals surface area contributed by atoms with Crippen molar-refractivity contribution in [2.75, 3.05) is 11.2 Å². The average Bonchev–Trinajstić information content (AvgIpc) is 3.17. The number of thioether (sulfide) groups is 1. The molecule has 5 heteroatoms. The van der Waals surface area contributed by atoms with Gasteiger partial charge in [0, 0.05) is 17.1 Å². The molecule has 0 saturated heterocycles. The van der Waals surface area contributed by atoms with Gasteiger partial charge in [0.2, 0.25) is 0 Å². The standard InChI is InChI=1S/C24H23N3S2/c1-28-24-25-22(21-19-14-8-9-15-20(19)29-23(21)26-24)27(18-12-6-3-7-13-18)16-17-10-4-2-5-11-17/h2-7,10-13H,8-9,14-16H2,1H3. The van der Waals surface area contributed by atoms with E-state index in [0.717, 1.165) is 28.8 Å². The molecule has 2 aromatic carbocycles. The number of benzene rings is 2. The summed E-state index contributed by atoms with van der Waals surface area (Å²) in [6.07, 6.45) is 6.91. The summed E-state index contributed by atoms with van der Waals surface area (Å²) in [5.41, 5.74) is 3.92. The van der Waals surface area contributed by atoms with Crippen molar-refractivity contribution in [3.8, 4) is 0 Å². The molecule has 0 spiro atoms. The highest BCUT2D eigenvalue weighted by Crippen LogP contribution is 2.42. The summed E-state index contributed by atoms with van der Waals surface area (Å²) in [7, 11) is 0. The molecule has 0 N–H and O–H groups in total. The minimum Gasteiger partial charge on any atom is -0.321 e. The molecule has 0 amide bonds. The summed E-state index contributed by atoms with van der Waals surface area (Å²) in [5, 5.41) is 2.11. The monoisotopic (exact) mass is 417 g/mol. The van der Waals surface area contributed by atoms with Crippen molar-refractivity contribution in [2.45, 2.75) is 37.4 Å². The summed E-state index contributed by atoms with van der Waals surface area (Å²) in [5.74, 6) is 1.05. The quantitative estimate of drug-likeness (QED) is 0.269. The highest BCUT2D eigenvalue weighted by Gasteiger charge is 2.24. The first kappa shape index (κ1) is 18.6. The van der Waals surface area contributed by atoms with E-state index in [0.29, 0.717) is 0 Å². The van der Waals surface area contributed by atoms with Gasteiger partial charge in [-0.05, 0) is 55.2 Å². The van der Waals surface area contributed by atoms with Crippen LogP contribution in [0.1, 0.15) is 28.8 Å². The Labute approximate surface area is 179 Å². The number of aryl methyl sites for hydroxylation is 2. The van der Waals surface area contributed by atoms with Crippen molar-refractivity contribution in [1.82, 2.24) is 9.97 Å². The van der Waals surface area contributed by atoms with E-state index in [2.05, 4.69) is 71.8 Å². The Hall–Kier alpha value is -2.37. The number of rotatable bonds is 5. The van der Waals surface area contributed by atoms with Crippen LogP contribution in [0, 0.1) is 0 Å². The molecule has 0 atom stereocenters. The van der Waals surface area contributed by atoms with Gasteiger partial charge in [0.15, 0.2) is 5.16 Å². The zero-order valence-electron chi connectivity index (χ0n) is 16.5. The number of hydrogen-bond donors (Lipinski definition) is 0. The normalized spacial score (nSPS) is 13.4. The molecule has 0 bridgehead atoms. The second-order valence-corrected chi connectivity index (χ2v) is 9.19. The molecule has 1 aliphatic carbocycles. The summed E-state index contributed by atoms with van der Waals surface area (Å²) in [4.78, 5) is 15.0. The van der Waals surface area contributed by atoms with Gasteiger partial charge in [0.1, 0.15) is 10.6 Å². The molecule has 5 rings (SSSR count). The third-order valence-corrected chi connectivity index (χ3v) is 7.20. The maximum atomic E-state index is 5.06. The average molecular weight is 418 g/mol. The molecule has 0 radical (unpaired) electrons. The fraction of sp³-hybridized carbons (Fsp3) is 0.250. The Morgan fingerprint density at radius 2 is 1.66 bits per heavy atom. The molecule has 0 unspecified atom stereocenters. The third kappa shape index (κ3) is 3.65. The summed E-state index contributed by atoms with van der Waals surface area (Å²) in [6, 6.07) is 21.3. The number of anilines is 2. The fourth-order valence-electron chi connectivity index (χ4n) is 4.07. The van der Waals surface area contributed by atoms with Crippen LogP contribution in [0.2, 0.25) is 0 Å². The molecule has 2 heterocycles. The lowest BCUT2D eigenvalue weighted by Gasteiger charge is -2.26. The topological polar surface area (TPSA) is 29.0 Å². The number of aromatic nitrogens is 2. The van der Waals surface area contributed by atoms with E-state index in [9.17, 15) is 0 Å². The van der Waals surface area contributed by atoms with Crippen LogP contribution in [0.15, 0.2) is 65.8 Å². The van der Waals surface area contributed by atoms with Crippen LogP contribution in [-0.2, 0) is 19.4 Å². The maximum Gasteiger partial charge on any atom is 0.190 e. The molecule has 3 nitrogen and oxygen atoms in total. The van der Waals surface area contributed by atoms with Crippen LogP contribution >= 0.6 is 23.1 Å². The van der Waals surface area contributed by atoms with Crippen molar-refractivity contribution in [2.24, 2.45) is 0 Å². The van der Waals surface area contributed by atoms with Crippen molar-refractivity contribution in [1.29, 1.82) is 0 Å². The van der Waals surface area contributed by atoms with E-state index in [1.54, 1.807) is 11.8 Å². The minimum atomic E-state index is 0.787. The fourth-order valence-corrected chi connectivity index (χ4v) is 5.74. The predicted molar refractivity (Wildman–Crippen MR) is 125 cm³/mol. The van der Waals surface area contributed by atoms with Gasteiger partial charge in [-0.3, -0.25) is 0 Å². The Morgan fingerprint density at radius 1 is 0.931 bits per heavy atom. The van der Waals surface area contributed by atoms with Crippen LogP contribution < -0.4 is 4.90 Å². The molecule has 0 fully saturated rings. The molecule has 2 aromatic heterocycles. The lowest BCUT2D eigenvalue weighted by atomic mass is 9.97. The van der Waals surface area contributed by atoms with Gasteiger partial charge in [-0.2, -0.15) is 0 Å². The summed E-state index contributed by atoms with van der Waals surface area (Å²) in [6.45, 7) is 0.787. The Balaban J connectivity index is 1.73. The van der Waals surface area contributed by atoms with Gasteiger partial charge in [-0.25, -0.2) is 9.97 Å². The zero-order valence-corrected chi connectivity index (χ0v) is 18.1. The second-order valence-electron chi connectivity index (χ2n) is 7.33. The first-order valence-electron chi connectivity index (χ1n) is 10.1. The van der Waals surface area contributed by atoms with Crippen LogP contribution in [0.5, 0.6) is 0 Å². The van der Waals surface area contributed by atoms with E-state index in [-0.39, 0.29) is 0 Å². The second kappa shape index (κ2) is 8.17. The van der Waals surface area contributed by atoms with Crippen LogP contribution in [0.4, 0.5) is 11.5 Å².